The van der Waals surface area contributed by atoms with Crippen LogP contribution in [0.2, 0.25) is 0 Å². The van der Waals surface area contributed by atoms with Crippen molar-refractivity contribution in [3.63, 3.8) is 0 Å². The van der Waals surface area contributed by atoms with Crippen molar-refractivity contribution >= 4 is 65.8 Å². The number of allylic oxidation sites excluding steroid dienone is 8. The smallest absolute Gasteiger partial charge is 0.425 e. The Kier molecular flexibility index (Phi) is 26.4. The number of fused-ring (bicyclic) bond motifs is 3. The lowest BCUT2D eigenvalue weighted by Gasteiger charge is -2.27. The number of carbonyl (C=O) groups excluding carboxylic acids is 3. The minimum absolute atomic E-state index is 0.0291. The second kappa shape index (κ2) is 32.6. The van der Waals surface area contributed by atoms with Crippen molar-refractivity contribution in [3.8, 4) is 0 Å². The molecule has 3 N–H and O–H groups in total. The minimum Gasteiger partial charge on any atom is -0.748 e. The van der Waals surface area contributed by atoms with Gasteiger partial charge in [-0.05, 0) is 131 Å². The Labute approximate surface area is 503 Å². The Hall–Kier alpha value is -6.85. The first-order chi connectivity index (χ1) is 40.2. The molecule has 460 valence electrons. The van der Waals surface area contributed by atoms with E-state index in [0.717, 1.165) is 127 Å². The summed E-state index contributed by atoms with van der Waals surface area (Å²) in [6.45, 7) is 16.4. The number of aryl methyl sites for hydroxylation is 3. The number of nitrogens with zero attached hydrogens (tertiary/aromatic N) is 6. The molecule has 1 atom stereocenters. The van der Waals surface area contributed by atoms with Crippen LogP contribution in [0, 0.1) is 6.92 Å². The molecule has 0 spiro atoms. The Bertz CT molecular complexity index is 3480. The summed E-state index contributed by atoms with van der Waals surface area (Å²) < 4.78 is 94.8. The zero-order chi connectivity index (χ0) is 62.4. The van der Waals surface area contributed by atoms with E-state index in [4.69, 9.17) is 27.2 Å². The Morgan fingerprint density at radius 2 is 1.59 bits per heavy atom. The molecule has 7 rings (SSSR count). The lowest BCUT2D eigenvalue weighted by atomic mass is 9.81. The molecule has 1 unspecified atom stereocenters. The summed E-state index contributed by atoms with van der Waals surface area (Å²) in [7, 11) is -9.50. The molecule has 85 heavy (non-hydrogen) atoms. The van der Waals surface area contributed by atoms with Crippen molar-refractivity contribution in [1.82, 2.24) is 25.2 Å². The highest BCUT2D eigenvalue weighted by atomic mass is 32.2. The maximum atomic E-state index is 13.3. The van der Waals surface area contributed by atoms with Gasteiger partial charge in [-0.25, -0.2) is 23.4 Å². The molecule has 0 saturated heterocycles. The van der Waals surface area contributed by atoms with Gasteiger partial charge < -0.3 is 25.0 Å². The van der Waals surface area contributed by atoms with Gasteiger partial charge in [-0.1, -0.05) is 101 Å². The molecule has 0 bridgehead atoms. The number of aromatic nitrogens is 3. The zero-order valence-electron chi connectivity index (χ0n) is 49.9. The molecule has 20 nitrogen and oxygen atoms in total. The topological polar surface area (TPSA) is 286 Å². The fourth-order valence-corrected chi connectivity index (χ4v) is 12.2. The molecule has 2 aromatic heterocycles. The molecular weight excluding hydrogens is 1140 g/mol. The van der Waals surface area contributed by atoms with Crippen LogP contribution >= 0.6 is 0 Å². The number of hydrogen-bond acceptors (Lipinski definition) is 17. The van der Waals surface area contributed by atoms with Crippen molar-refractivity contribution in [3.05, 3.63) is 154 Å². The van der Waals surface area contributed by atoms with Gasteiger partial charge in [-0.3, -0.25) is 9.35 Å². The van der Waals surface area contributed by atoms with Crippen LogP contribution in [0.15, 0.2) is 109 Å². The van der Waals surface area contributed by atoms with E-state index >= 15 is 0 Å². The number of rotatable bonds is 28. The number of carbonyl (C=O) groups is 1. The van der Waals surface area contributed by atoms with Gasteiger partial charge in [0, 0.05) is 97.4 Å². The first kappa shape index (κ1) is 68.9. The number of hydrogen-bond donors (Lipinski definition) is 3. The van der Waals surface area contributed by atoms with E-state index < -0.39 is 42.0 Å². The lowest BCUT2D eigenvalue weighted by Crippen LogP contribution is -2.28. The number of anilines is 2. The molecule has 3 aliphatic rings. The molecule has 3 aliphatic heterocycles. The van der Waals surface area contributed by atoms with Gasteiger partial charge in [0.2, 0.25) is 11.6 Å². The van der Waals surface area contributed by atoms with Gasteiger partial charge in [-0.15, -0.1) is 12.6 Å². The van der Waals surface area contributed by atoms with Crippen LogP contribution in [0.3, 0.4) is 0 Å². The van der Waals surface area contributed by atoms with Crippen LogP contribution in [-0.2, 0) is 82.0 Å². The predicted molar refractivity (Wildman–Crippen MR) is 327 cm³/mol. The van der Waals surface area contributed by atoms with Gasteiger partial charge in [0.1, 0.15) is 18.2 Å². The third kappa shape index (κ3) is 21.6. The van der Waals surface area contributed by atoms with Crippen molar-refractivity contribution in [2.24, 2.45) is 0 Å². The number of nitrogens with one attached hydrogen (secondary N) is 2. The van der Waals surface area contributed by atoms with Crippen molar-refractivity contribution in [2.45, 2.75) is 148 Å². The normalized spacial score (nSPS) is 15.9. The first-order valence-corrected chi connectivity index (χ1v) is 33.0. The SMILES string of the molecule is Cc1ncc(C(C)CCCCCCc2nc3c(cc2CNC(=O)CCCN(C)Cc2ccc4c(c2)C(C)(C)C(=CC=CC=CC=CC2=[N+](CCCS(=O)(=O)O)c5ccccc5C2(C)C)N4CCCS(=O)(=O)[O-])CCCN3)cn1.O=C=O.O=S(=O)=O. The molecular formula is C62H82N8O12S3. The predicted octanol–water partition coefficient (Wildman–Crippen LogP) is 8.72. The van der Waals surface area contributed by atoms with E-state index in [9.17, 15) is 30.7 Å². The third-order valence-corrected chi connectivity index (χ3v) is 17.1. The van der Waals surface area contributed by atoms with Crippen molar-refractivity contribution in [2.75, 3.05) is 54.9 Å². The van der Waals surface area contributed by atoms with E-state index in [1.165, 1.54) is 11.1 Å². The maximum absolute atomic E-state index is 13.3. The molecule has 0 aliphatic carbocycles. The Morgan fingerprint density at radius 3 is 2.29 bits per heavy atom. The van der Waals surface area contributed by atoms with Gasteiger partial charge in [0.25, 0.3) is 10.1 Å². The summed E-state index contributed by atoms with van der Waals surface area (Å²) in [6.07, 6.45) is 28.1. The average Bonchev–Trinajstić information content (AvgIpc) is 1.72. The Morgan fingerprint density at radius 1 is 0.906 bits per heavy atom. The van der Waals surface area contributed by atoms with Gasteiger partial charge in [0.15, 0.2) is 5.71 Å². The summed E-state index contributed by atoms with van der Waals surface area (Å²) in [5, 5.41) is 6.70. The highest BCUT2D eigenvalue weighted by Crippen LogP contribution is 2.48. The molecule has 23 heteroatoms. The summed E-state index contributed by atoms with van der Waals surface area (Å²) in [4.78, 5) is 47.7. The van der Waals surface area contributed by atoms with E-state index in [1.807, 2.05) is 80.0 Å². The fourth-order valence-electron chi connectivity index (χ4n) is 11.2. The monoisotopic (exact) mass is 1230 g/mol. The van der Waals surface area contributed by atoms with E-state index in [0.29, 0.717) is 44.9 Å². The number of amides is 1. The molecule has 1 amide bonds. The Balaban J connectivity index is 0.00000179. The number of benzene rings is 2. The van der Waals surface area contributed by atoms with E-state index in [-0.39, 0.29) is 36.1 Å². The van der Waals surface area contributed by atoms with E-state index in [1.54, 1.807) is 0 Å². The van der Waals surface area contributed by atoms with Crippen molar-refractivity contribution in [1.29, 1.82) is 0 Å². The summed E-state index contributed by atoms with van der Waals surface area (Å²) >= 11 is 0. The van der Waals surface area contributed by atoms with Crippen LogP contribution in [-0.4, -0.2) is 125 Å². The largest absolute Gasteiger partial charge is 0.748 e. The highest BCUT2D eigenvalue weighted by molar-refractivity contribution is 7.85. The lowest BCUT2D eigenvalue weighted by molar-refractivity contribution is -0.437. The van der Waals surface area contributed by atoms with Gasteiger partial charge in [-0.2, -0.15) is 22.6 Å². The zero-order valence-corrected chi connectivity index (χ0v) is 52.3. The summed E-state index contributed by atoms with van der Waals surface area (Å²) in [5.41, 5.74) is 11.2. The van der Waals surface area contributed by atoms with Crippen LogP contribution in [0.4, 0.5) is 17.2 Å². The van der Waals surface area contributed by atoms with Crippen LogP contribution in [0.5, 0.6) is 0 Å². The number of para-hydroxylation sites is 1. The molecule has 2 aromatic carbocycles. The molecule has 4 aromatic rings. The maximum Gasteiger partial charge on any atom is 0.425 e. The number of unbranched alkanes of at least 4 members (excludes halogenated alkanes) is 3. The summed E-state index contributed by atoms with van der Waals surface area (Å²) in [6, 6.07) is 16.8. The second-order valence-electron chi connectivity index (χ2n) is 22.7. The average molecular weight is 1230 g/mol. The standard InChI is InChI=1S/C61H82N8O7S2.CO2.O3S/c1-45(50-42-63-46(2)64-43-50)23-13-11-12-14-26-53-49(40-48-24-19-33-62-59(48)66-53)41-65-58(70)30-20-34-67(7)44-47-31-32-55-52(39-47)61(5,6)57(69(55)36-22-38-78(74,75)76)29-16-10-8-9-15-28-56-60(3,4)51-25-17-18-27-54(51)68(56)35-21-37-77(71,72)73;2-1-3;1-4(2)3/h8-10,15-18,25,27-29,31-32,39-40,42-43,45H,11-14,19-24,26,30,33-38,41,44H2,1-7H3,(H3-,62,65,66,70,71,72,73,74,75,76);;. The minimum atomic E-state index is -4.38. The number of pyridine rings is 1. The summed E-state index contributed by atoms with van der Waals surface area (Å²) in [5.74, 6) is 1.49. The quantitative estimate of drug-likeness (QED) is 0.0207. The van der Waals surface area contributed by atoms with Gasteiger partial charge in [0.05, 0.1) is 21.3 Å². The molecule has 0 radical (unpaired) electrons. The molecule has 5 heterocycles. The molecule has 0 fully saturated rings. The first-order valence-electron chi connectivity index (χ1n) is 28.8. The van der Waals surface area contributed by atoms with E-state index in [2.05, 4.69) is 107 Å². The highest BCUT2D eigenvalue weighted by Gasteiger charge is 2.44. The second-order valence-corrected chi connectivity index (χ2v) is 26.2. The van der Waals surface area contributed by atoms with Crippen LogP contribution in [0.1, 0.15) is 150 Å². The van der Waals surface area contributed by atoms with Crippen LogP contribution < -0.4 is 15.5 Å². The molecule has 0 saturated carbocycles. The third-order valence-electron chi connectivity index (χ3n) is 15.5. The van der Waals surface area contributed by atoms with Crippen molar-refractivity contribution < 1.29 is 57.5 Å². The van der Waals surface area contributed by atoms with Gasteiger partial charge >= 0.3 is 16.8 Å². The fraction of sp³-hybridized carbons (Fsp3) is 0.484. The van der Waals surface area contributed by atoms with Crippen LogP contribution in [0.25, 0.3) is 0 Å².